The number of ether oxygens (including phenoxy) is 12. The molecule has 0 aromatic heterocycles. The van der Waals surface area contributed by atoms with Crippen LogP contribution in [0.2, 0.25) is 0 Å². The highest BCUT2D eigenvalue weighted by molar-refractivity contribution is 5.82. The molecule has 0 aromatic rings. The van der Waals surface area contributed by atoms with Gasteiger partial charge in [0.25, 0.3) is 5.92 Å². The molecule has 1 aliphatic heterocycles. The molecule has 694 valence electrons. The van der Waals surface area contributed by atoms with Gasteiger partial charge in [0.05, 0.1) is 22.3 Å². The molecule has 24 saturated carbocycles. The third-order valence-electron chi connectivity index (χ3n) is 32.8. The zero-order valence-corrected chi connectivity index (χ0v) is 71.1. The maximum absolute atomic E-state index is 13.7. The summed E-state index contributed by atoms with van der Waals surface area (Å²) in [5.74, 6) is -28.7. The highest BCUT2D eigenvalue weighted by Crippen LogP contribution is 2.68. The van der Waals surface area contributed by atoms with Crippen LogP contribution in [0.5, 0.6) is 0 Å². The van der Waals surface area contributed by atoms with Gasteiger partial charge in [-0.05, 0) is 312 Å². The highest BCUT2D eigenvalue weighted by atomic mass is 19.3. The molecule has 25 rings (SSSR count). The van der Waals surface area contributed by atoms with Crippen molar-refractivity contribution in [2.24, 2.45) is 135 Å². The van der Waals surface area contributed by atoms with Gasteiger partial charge in [-0.25, -0.2) is 32.8 Å². The molecule has 1 spiro atoms. The summed E-state index contributed by atoms with van der Waals surface area (Å²) in [4.78, 5) is 96.0. The van der Waals surface area contributed by atoms with Crippen LogP contribution in [0.15, 0.2) is 0 Å². The van der Waals surface area contributed by atoms with Gasteiger partial charge in [-0.3, -0.25) is 14.4 Å². The quantitative estimate of drug-likeness (QED) is 0.0448. The maximum Gasteiger partial charge on any atom is 0.377 e. The fourth-order valence-electron chi connectivity index (χ4n) is 29.4. The van der Waals surface area contributed by atoms with Crippen molar-refractivity contribution < 1.29 is 157 Å². The van der Waals surface area contributed by atoms with Gasteiger partial charge in [-0.15, -0.1) is 0 Å². The second kappa shape index (κ2) is 33.5. The SMILES string of the molecule is CC(F)(F)C(=O)OC12CC3CC(C1)C1(OCC(F)(F)C(F)(F)CO1)C(C3)C2.CC(F)(F)C(=O)OC1C2CC3CC1CC(C(=O)OCOC1C4CC5CC(C4)CC1C5)(C3)C2.CC(F)(F)COC(=O)C12CC3CC(CC(C3)C1)C2.CCC1(OC(=O)COC(=O)C(C)(F)F)C2CC3CC(C2)CC1C3.COCOC(=O)C12CC3CC(C1)C(OC(=O)C(C)(F)F)C(C3)C2. The van der Waals surface area contributed by atoms with Crippen LogP contribution in [-0.2, 0) is 95.2 Å². The largest absolute Gasteiger partial charge is 0.459 e. The third kappa shape index (κ3) is 18.8. The van der Waals surface area contributed by atoms with Gasteiger partial charge in [0.1, 0.15) is 36.6 Å². The van der Waals surface area contributed by atoms with Crippen molar-refractivity contribution >= 4 is 47.8 Å². The lowest BCUT2D eigenvalue weighted by Gasteiger charge is -2.63. The van der Waals surface area contributed by atoms with Crippen molar-refractivity contribution in [2.45, 2.75) is 324 Å². The zero-order valence-electron chi connectivity index (χ0n) is 71.1. The molecule has 0 aromatic carbocycles. The van der Waals surface area contributed by atoms with E-state index in [4.69, 9.17) is 52.1 Å². The third-order valence-corrected chi connectivity index (χ3v) is 32.8. The first kappa shape index (κ1) is 92.3. The van der Waals surface area contributed by atoms with Gasteiger partial charge in [0.2, 0.25) is 0 Å². The molecule has 25 aliphatic rings. The molecule has 24 aliphatic carbocycles. The topological polar surface area (TPSA) is 247 Å². The number of methoxy groups -OCH3 is 1. The monoisotopic (exact) mass is 1770 g/mol. The number of carbonyl (C=O) groups excluding carboxylic acids is 8. The van der Waals surface area contributed by atoms with Gasteiger partial charge in [-0.2, -0.15) is 52.7 Å². The number of halogens is 14. The smallest absolute Gasteiger partial charge is 0.377 e. The molecular formula is C89H120F14O20. The minimum atomic E-state index is -4.36. The van der Waals surface area contributed by atoms with Gasteiger partial charge >= 0.3 is 83.3 Å². The van der Waals surface area contributed by atoms with E-state index in [0.29, 0.717) is 126 Å². The Morgan fingerprint density at radius 1 is 0.358 bits per heavy atom. The van der Waals surface area contributed by atoms with Crippen LogP contribution in [-0.4, -0.2) is 172 Å². The Labute approximate surface area is 707 Å². The van der Waals surface area contributed by atoms with E-state index in [9.17, 15) is 99.8 Å². The lowest BCUT2D eigenvalue weighted by Crippen LogP contribution is -2.66. The van der Waals surface area contributed by atoms with Gasteiger partial charge < -0.3 is 56.8 Å². The Hall–Kier alpha value is -5.38. The molecule has 0 radical (unpaired) electrons. The van der Waals surface area contributed by atoms with E-state index in [1.165, 1.54) is 64.9 Å². The van der Waals surface area contributed by atoms with Crippen LogP contribution in [0.4, 0.5) is 61.5 Å². The van der Waals surface area contributed by atoms with Gasteiger partial charge in [-0.1, -0.05) is 6.92 Å². The standard InChI is InChI=1S/C25H34F2O5.C17H20F6O4.C17H24F2O4.C16H22F2O5.C14H20F2O2/c1-24(26,27)22(28)32-21-18-7-15-8-19(21)11-25(9-15,10-18)23(29)31-12-30-20-16-3-13-2-14(5-16)6-17(20)4-13;1-13(18,19)12(24)27-14-4-9-2-10(5-14)17(11(3-9)6-14)25-7-15(20,21)16(22,23)8-26-17;1-3-17(23-14(20)9-22-15(21)16(2,18)19)12-5-10-4-11(7-12)8-13(17)6-10;1-15(17,18)13(19)23-12-10-3-9-4-11(12)7-16(5-9,6-10)14(20)22-8-21-2;1-13(15,16)8-18-12(17)14-5-9-2-10(6-14)4-11(3-9)7-14/h13-21H,2-12H2,1H3;9-11H,2-8H2,1H3;10-13H,3-9H2,1-2H3;9-12H,3-8H2,1-2H3;9-11H,2-8H2,1H3. The number of rotatable bonds is 21. The second-order valence-electron chi connectivity index (χ2n) is 42.4. The van der Waals surface area contributed by atoms with Crippen molar-refractivity contribution in [3.63, 3.8) is 0 Å². The molecule has 1 saturated heterocycles. The summed E-state index contributed by atoms with van der Waals surface area (Å²) in [6.07, 6.45) is 26.9. The molecule has 24 bridgehead atoms. The van der Waals surface area contributed by atoms with Crippen molar-refractivity contribution in [1.82, 2.24) is 0 Å². The van der Waals surface area contributed by atoms with E-state index < -0.39 is 155 Å². The first-order valence-electron chi connectivity index (χ1n) is 44.9. The molecule has 0 N–H and O–H groups in total. The molecular weight excluding hydrogens is 1650 g/mol. The van der Waals surface area contributed by atoms with Crippen molar-refractivity contribution in [3.05, 3.63) is 0 Å². The summed E-state index contributed by atoms with van der Waals surface area (Å²) in [6, 6.07) is 0. The summed E-state index contributed by atoms with van der Waals surface area (Å²) in [7, 11) is 1.45. The summed E-state index contributed by atoms with van der Waals surface area (Å²) in [5, 5.41) is 0. The minimum absolute atomic E-state index is 0.0166. The Morgan fingerprint density at radius 3 is 1.08 bits per heavy atom. The van der Waals surface area contributed by atoms with E-state index in [-0.39, 0.29) is 80.0 Å². The number of carbonyl (C=O) groups is 8. The number of esters is 8. The fraction of sp³-hybridized carbons (Fsp3) is 0.910. The molecule has 25 fully saturated rings. The minimum Gasteiger partial charge on any atom is -0.459 e. The Kier molecular flexibility index (Phi) is 25.2. The normalized spacial score (nSPS) is 42.1. The summed E-state index contributed by atoms with van der Waals surface area (Å²) in [6.45, 7) is 0.309. The molecule has 1 heterocycles. The average molecular weight is 1780 g/mol. The molecule has 6 unspecified atom stereocenters. The fourth-order valence-corrected chi connectivity index (χ4v) is 29.4. The van der Waals surface area contributed by atoms with E-state index in [1.807, 2.05) is 6.92 Å². The zero-order chi connectivity index (χ0) is 88.8. The summed E-state index contributed by atoms with van der Waals surface area (Å²) in [5.41, 5.74) is -3.19. The predicted octanol–water partition coefficient (Wildman–Crippen LogP) is 17.8. The van der Waals surface area contributed by atoms with Crippen molar-refractivity contribution in [2.75, 3.05) is 47.1 Å². The Morgan fingerprint density at radius 2 is 0.699 bits per heavy atom. The molecule has 6 atom stereocenters. The van der Waals surface area contributed by atoms with Crippen LogP contribution < -0.4 is 0 Å². The van der Waals surface area contributed by atoms with Crippen molar-refractivity contribution in [1.29, 1.82) is 0 Å². The second-order valence-corrected chi connectivity index (χ2v) is 42.4. The van der Waals surface area contributed by atoms with Crippen LogP contribution in [0, 0.1) is 135 Å². The lowest BCUT2D eigenvalue weighted by atomic mass is 9.48. The Bertz CT molecular complexity index is 3760. The maximum atomic E-state index is 13.7. The lowest BCUT2D eigenvalue weighted by molar-refractivity contribution is -0.355. The molecule has 34 heteroatoms. The van der Waals surface area contributed by atoms with Crippen LogP contribution >= 0.6 is 0 Å². The molecule has 123 heavy (non-hydrogen) atoms. The number of alkyl halides is 14. The first-order valence-corrected chi connectivity index (χ1v) is 44.9. The molecule has 0 amide bonds. The Balaban J connectivity index is 0.000000121. The number of hydrogen-bond donors (Lipinski definition) is 0. The van der Waals surface area contributed by atoms with Crippen molar-refractivity contribution in [3.8, 4) is 0 Å². The highest BCUT2D eigenvalue weighted by Gasteiger charge is 2.72. The van der Waals surface area contributed by atoms with E-state index in [1.54, 1.807) is 0 Å². The van der Waals surface area contributed by atoms with E-state index in [0.717, 1.165) is 120 Å². The van der Waals surface area contributed by atoms with Crippen LogP contribution in [0.3, 0.4) is 0 Å². The van der Waals surface area contributed by atoms with Gasteiger partial charge in [0.15, 0.2) is 32.6 Å². The van der Waals surface area contributed by atoms with Gasteiger partial charge in [0, 0.05) is 53.6 Å². The van der Waals surface area contributed by atoms with E-state index in [2.05, 4.69) is 4.74 Å². The van der Waals surface area contributed by atoms with E-state index >= 15 is 0 Å². The first-order chi connectivity index (χ1) is 57.3. The summed E-state index contributed by atoms with van der Waals surface area (Å²) >= 11 is 0. The summed E-state index contributed by atoms with van der Waals surface area (Å²) < 4.78 is 249. The molecule has 20 nitrogen and oxygen atoms in total. The van der Waals surface area contributed by atoms with Crippen LogP contribution in [0.1, 0.15) is 247 Å². The van der Waals surface area contributed by atoms with Crippen LogP contribution in [0.25, 0.3) is 0 Å². The predicted molar refractivity (Wildman–Crippen MR) is 401 cm³/mol. The number of hydrogen-bond acceptors (Lipinski definition) is 20. The average Bonchev–Trinajstić information content (AvgIpc) is 1.60.